The normalized spacial score (nSPS) is 36.0. The van der Waals surface area contributed by atoms with Crippen molar-refractivity contribution in [2.45, 2.75) is 51.0 Å². The second-order valence-corrected chi connectivity index (χ2v) is 4.97. The van der Waals surface area contributed by atoms with Gasteiger partial charge in [-0.25, -0.2) is 0 Å². The Morgan fingerprint density at radius 1 is 0.857 bits per heavy atom. The van der Waals surface area contributed by atoms with E-state index < -0.39 is 0 Å². The minimum absolute atomic E-state index is 1.12. The van der Waals surface area contributed by atoms with Gasteiger partial charge in [-0.1, -0.05) is 12.8 Å². The molecule has 0 aromatic heterocycles. The standard InChI is InChI=1S/C6H11N.C6H13N/c1-2-4-7-5-6(7)3-1;1-2-4-6-7-5-3-1/h6H,1-5H2;7H,1-6H2/p+1. The molecular formula is C12H25N2+. The van der Waals surface area contributed by atoms with Crippen LogP contribution in [0.15, 0.2) is 0 Å². The van der Waals surface area contributed by atoms with Gasteiger partial charge in [-0.2, -0.15) is 0 Å². The van der Waals surface area contributed by atoms with Crippen LogP contribution in [-0.4, -0.2) is 32.2 Å². The molecule has 0 aliphatic carbocycles. The zero-order chi connectivity index (χ0) is 9.64. The van der Waals surface area contributed by atoms with Crippen molar-refractivity contribution >= 4 is 0 Å². The molecule has 3 heterocycles. The molecule has 0 amide bonds. The molecule has 0 aromatic rings. The van der Waals surface area contributed by atoms with Gasteiger partial charge in [0.05, 0.1) is 6.54 Å². The third-order valence-electron chi connectivity index (χ3n) is 3.68. The van der Waals surface area contributed by atoms with E-state index in [1.165, 1.54) is 71.1 Å². The molecule has 82 valence electrons. The van der Waals surface area contributed by atoms with Crippen LogP contribution in [0.3, 0.4) is 0 Å². The Labute approximate surface area is 88.1 Å². The molecule has 14 heavy (non-hydrogen) atoms. The first-order valence-electron chi connectivity index (χ1n) is 6.52. The number of hydrogen-bond acceptors (Lipinski definition) is 1. The third kappa shape index (κ3) is 3.58. The molecule has 3 aliphatic rings. The van der Waals surface area contributed by atoms with Crippen LogP contribution in [0, 0.1) is 0 Å². The van der Waals surface area contributed by atoms with Gasteiger partial charge in [0.15, 0.2) is 0 Å². The van der Waals surface area contributed by atoms with Crippen LogP contribution in [0.25, 0.3) is 0 Å². The molecule has 3 rings (SSSR count). The van der Waals surface area contributed by atoms with E-state index in [0.717, 1.165) is 6.04 Å². The summed E-state index contributed by atoms with van der Waals surface area (Å²) < 4.78 is 0. The molecule has 3 aliphatic heterocycles. The summed E-state index contributed by atoms with van der Waals surface area (Å²) in [7, 11) is 0. The number of piperidine rings is 1. The smallest absolute Gasteiger partial charge is 0.137 e. The Hall–Kier alpha value is -0.0800. The van der Waals surface area contributed by atoms with Crippen molar-refractivity contribution in [1.82, 2.24) is 5.32 Å². The SMILES string of the molecule is C1CCCNCC1.C1CC[NH+]2CC2C1. The summed E-state index contributed by atoms with van der Waals surface area (Å²) in [6, 6.07) is 1.12. The van der Waals surface area contributed by atoms with Gasteiger partial charge in [0.25, 0.3) is 0 Å². The highest BCUT2D eigenvalue weighted by Gasteiger charge is 2.41. The number of rotatable bonds is 0. The highest BCUT2D eigenvalue weighted by atomic mass is 15.3. The van der Waals surface area contributed by atoms with Gasteiger partial charge < -0.3 is 10.2 Å². The Bertz CT molecular complexity index is 129. The van der Waals surface area contributed by atoms with E-state index in [1.807, 2.05) is 4.90 Å². The maximum absolute atomic E-state index is 3.35. The zero-order valence-electron chi connectivity index (χ0n) is 9.36. The van der Waals surface area contributed by atoms with Crippen LogP contribution in [0.1, 0.15) is 44.9 Å². The lowest BCUT2D eigenvalue weighted by Gasteiger charge is -2.04. The van der Waals surface area contributed by atoms with Gasteiger partial charge in [0.2, 0.25) is 0 Å². The second-order valence-electron chi connectivity index (χ2n) is 4.97. The van der Waals surface area contributed by atoms with Crippen molar-refractivity contribution in [3.63, 3.8) is 0 Å². The first-order valence-corrected chi connectivity index (χ1v) is 6.52. The number of hydrogen-bond donors (Lipinski definition) is 2. The van der Waals surface area contributed by atoms with Crippen LogP contribution >= 0.6 is 0 Å². The maximum atomic E-state index is 3.35. The Balaban J connectivity index is 0.000000107. The van der Waals surface area contributed by atoms with Crippen LogP contribution in [0.5, 0.6) is 0 Å². The van der Waals surface area contributed by atoms with E-state index in [0.29, 0.717) is 0 Å². The van der Waals surface area contributed by atoms with Gasteiger partial charge >= 0.3 is 0 Å². The molecule has 2 heteroatoms. The average Bonchev–Trinajstić information content (AvgIpc) is 3.04. The Morgan fingerprint density at radius 2 is 1.64 bits per heavy atom. The lowest BCUT2D eigenvalue weighted by atomic mass is 10.1. The van der Waals surface area contributed by atoms with Crippen molar-refractivity contribution < 1.29 is 4.90 Å². The minimum Gasteiger partial charge on any atom is -0.323 e. The third-order valence-corrected chi connectivity index (χ3v) is 3.68. The quantitative estimate of drug-likeness (QED) is 0.543. The predicted molar refractivity (Wildman–Crippen MR) is 59.7 cm³/mol. The predicted octanol–water partition coefficient (Wildman–Crippen LogP) is 0.587. The summed E-state index contributed by atoms with van der Waals surface area (Å²) in [4.78, 5) is 1.88. The number of quaternary nitrogens is 1. The summed E-state index contributed by atoms with van der Waals surface area (Å²) in [5, 5.41) is 3.35. The first kappa shape index (κ1) is 10.4. The van der Waals surface area contributed by atoms with Gasteiger partial charge in [0, 0.05) is 6.42 Å². The van der Waals surface area contributed by atoms with Crippen LogP contribution in [0.2, 0.25) is 0 Å². The highest BCUT2D eigenvalue weighted by Crippen LogP contribution is 2.07. The van der Waals surface area contributed by atoms with E-state index in [1.54, 1.807) is 0 Å². The largest absolute Gasteiger partial charge is 0.323 e. The van der Waals surface area contributed by atoms with Crippen molar-refractivity contribution in [1.29, 1.82) is 0 Å². The molecular weight excluding hydrogens is 172 g/mol. The van der Waals surface area contributed by atoms with Crippen LogP contribution in [0.4, 0.5) is 0 Å². The summed E-state index contributed by atoms with van der Waals surface area (Å²) in [5.41, 5.74) is 0. The van der Waals surface area contributed by atoms with Gasteiger partial charge in [-0.15, -0.1) is 0 Å². The fourth-order valence-electron chi connectivity index (χ4n) is 2.59. The molecule has 0 radical (unpaired) electrons. The van der Waals surface area contributed by atoms with Crippen molar-refractivity contribution in [2.75, 3.05) is 26.2 Å². The van der Waals surface area contributed by atoms with Crippen molar-refractivity contribution in [3.8, 4) is 0 Å². The molecule has 0 bridgehead atoms. The lowest BCUT2D eigenvalue weighted by molar-refractivity contribution is -0.779. The fourth-order valence-corrected chi connectivity index (χ4v) is 2.59. The van der Waals surface area contributed by atoms with E-state index >= 15 is 0 Å². The van der Waals surface area contributed by atoms with E-state index in [-0.39, 0.29) is 0 Å². The molecule has 3 saturated heterocycles. The zero-order valence-corrected chi connectivity index (χ0v) is 9.36. The maximum Gasteiger partial charge on any atom is 0.137 e. The molecule has 3 fully saturated rings. The molecule has 2 N–H and O–H groups in total. The monoisotopic (exact) mass is 197 g/mol. The minimum atomic E-state index is 1.12. The van der Waals surface area contributed by atoms with E-state index in [4.69, 9.17) is 0 Å². The summed E-state index contributed by atoms with van der Waals surface area (Å²) in [6.07, 6.45) is 10.2. The van der Waals surface area contributed by atoms with E-state index in [9.17, 15) is 0 Å². The van der Waals surface area contributed by atoms with Crippen LogP contribution in [-0.2, 0) is 0 Å². The topological polar surface area (TPSA) is 16.5 Å². The highest BCUT2D eigenvalue weighted by molar-refractivity contribution is 4.69. The van der Waals surface area contributed by atoms with Gasteiger partial charge in [-0.05, 0) is 38.8 Å². The lowest BCUT2D eigenvalue weighted by Crippen LogP contribution is -2.95. The number of nitrogens with one attached hydrogen (secondary N) is 2. The molecule has 0 saturated carbocycles. The number of fused-ring (bicyclic) bond motifs is 1. The van der Waals surface area contributed by atoms with Crippen molar-refractivity contribution in [2.24, 2.45) is 0 Å². The van der Waals surface area contributed by atoms with Gasteiger partial charge in [0.1, 0.15) is 12.6 Å². The second kappa shape index (κ2) is 5.72. The average molecular weight is 197 g/mol. The molecule has 0 aromatic carbocycles. The molecule has 0 spiro atoms. The Kier molecular flexibility index (Phi) is 4.26. The summed E-state index contributed by atoms with van der Waals surface area (Å²) in [6.45, 7) is 5.48. The molecule has 2 atom stereocenters. The summed E-state index contributed by atoms with van der Waals surface area (Å²) in [5.74, 6) is 0. The van der Waals surface area contributed by atoms with Crippen molar-refractivity contribution in [3.05, 3.63) is 0 Å². The first-order chi connectivity index (χ1) is 6.97. The molecule has 2 unspecified atom stereocenters. The fraction of sp³-hybridized carbons (Fsp3) is 1.00. The summed E-state index contributed by atoms with van der Waals surface area (Å²) >= 11 is 0. The molecule has 2 nitrogen and oxygen atoms in total. The Morgan fingerprint density at radius 3 is 2.21 bits per heavy atom. The van der Waals surface area contributed by atoms with Gasteiger partial charge in [-0.3, -0.25) is 0 Å². The van der Waals surface area contributed by atoms with Crippen LogP contribution < -0.4 is 10.2 Å². The van der Waals surface area contributed by atoms with E-state index in [2.05, 4.69) is 5.32 Å².